The molecule has 1 aliphatic heterocycles. The van der Waals surface area contributed by atoms with Crippen LogP contribution in [0.15, 0.2) is 6.20 Å². The van der Waals surface area contributed by atoms with Crippen molar-refractivity contribution in [2.75, 3.05) is 32.8 Å². The first-order valence-electron chi connectivity index (χ1n) is 8.15. The van der Waals surface area contributed by atoms with Crippen molar-refractivity contribution in [2.45, 2.75) is 39.7 Å². The van der Waals surface area contributed by atoms with Crippen LogP contribution >= 0.6 is 11.3 Å². The van der Waals surface area contributed by atoms with Crippen LogP contribution in [0, 0.1) is 5.92 Å². The van der Waals surface area contributed by atoms with Gasteiger partial charge < -0.3 is 10.1 Å². The molecule has 2 heterocycles. The molecule has 0 bridgehead atoms. The second kappa shape index (κ2) is 8.60. The maximum absolute atomic E-state index is 12.4. The minimum Gasteiger partial charge on any atom is -0.379 e. The largest absolute Gasteiger partial charge is 0.379 e. The van der Waals surface area contributed by atoms with E-state index in [4.69, 9.17) is 4.74 Å². The quantitative estimate of drug-likeness (QED) is 0.835. The molecule has 1 amide bonds. The van der Waals surface area contributed by atoms with Crippen LogP contribution < -0.4 is 5.32 Å². The first-order chi connectivity index (χ1) is 10.6. The van der Waals surface area contributed by atoms with Gasteiger partial charge in [0.2, 0.25) is 0 Å². The molecule has 22 heavy (non-hydrogen) atoms. The average molecular weight is 325 g/mol. The van der Waals surface area contributed by atoms with Crippen LogP contribution in [0.3, 0.4) is 0 Å². The first kappa shape index (κ1) is 17.4. The van der Waals surface area contributed by atoms with Crippen molar-refractivity contribution in [3.8, 4) is 0 Å². The van der Waals surface area contributed by atoms with Gasteiger partial charge in [-0.25, -0.2) is 4.98 Å². The number of amides is 1. The highest BCUT2D eigenvalue weighted by atomic mass is 32.1. The lowest BCUT2D eigenvalue weighted by atomic mass is 10.0. The fourth-order valence-corrected chi connectivity index (χ4v) is 3.39. The normalized spacial score (nSPS) is 17.6. The molecule has 1 N–H and O–H groups in total. The van der Waals surface area contributed by atoms with Crippen LogP contribution in [0.1, 0.15) is 41.9 Å². The second-order valence-electron chi connectivity index (χ2n) is 6.11. The van der Waals surface area contributed by atoms with Crippen molar-refractivity contribution in [3.63, 3.8) is 0 Å². The van der Waals surface area contributed by atoms with Crippen LogP contribution in [0.25, 0.3) is 0 Å². The summed E-state index contributed by atoms with van der Waals surface area (Å²) in [6, 6.07) is 0.155. The Morgan fingerprint density at radius 3 is 2.82 bits per heavy atom. The smallest absolute Gasteiger partial charge is 0.263 e. The van der Waals surface area contributed by atoms with Gasteiger partial charge in [-0.05, 0) is 18.8 Å². The third-order valence-corrected chi connectivity index (χ3v) is 4.98. The highest BCUT2D eigenvalue weighted by Crippen LogP contribution is 2.15. The third kappa shape index (κ3) is 5.04. The number of aryl methyl sites for hydroxylation is 1. The van der Waals surface area contributed by atoms with Crippen molar-refractivity contribution >= 4 is 17.2 Å². The number of nitrogens with zero attached hydrogens (tertiary/aromatic N) is 2. The fourth-order valence-electron chi connectivity index (χ4n) is 2.47. The summed E-state index contributed by atoms with van der Waals surface area (Å²) in [7, 11) is 0. The molecule has 1 saturated heterocycles. The second-order valence-corrected chi connectivity index (χ2v) is 7.22. The van der Waals surface area contributed by atoms with Crippen molar-refractivity contribution in [2.24, 2.45) is 5.92 Å². The maximum atomic E-state index is 12.4. The molecule has 0 unspecified atom stereocenters. The molecule has 0 aliphatic carbocycles. The van der Waals surface area contributed by atoms with Gasteiger partial charge in [-0.15, -0.1) is 11.3 Å². The summed E-state index contributed by atoms with van der Waals surface area (Å²) < 4.78 is 5.38. The molecule has 0 radical (unpaired) electrons. The van der Waals surface area contributed by atoms with Gasteiger partial charge in [0.1, 0.15) is 4.88 Å². The van der Waals surface area contributed by atoms with E-state index in [1.807, 2.05) is 0 Å². The van der Waals surface area contributed by atoms with E-state index in [0.29, 0.717) is 5.92 Å². The standard InChI is InChI=1S/C16H27N3O2S/c1-4-5-15-17-10-14(22-15)16(20)18-13(12(2)3)11-19-6-8-21-9-7-19/h10,12-13H,4-9,11H2,1-3H3,(H,18,20)/t13-/m1/s1. The van der Waals surface area contributed by atoms with E-state index in [9.17, 15) is 4.79 Å². The number of rotatable bonds is 7. The van der Waals surface area contributed by atoms with Gasteiger partial charge in [0.25, 0.3) is 5.91 Å². The molecular formula is C16H27N3O2S. The highest BCUT2D eigenvalue weighted by Gasteiger charge is 2.22. The Balaban J connectivity index is 1.92. The zero-order valence-electron chi connectivity index (χ0n) is 13.8. The van der Waals surface area contributed by atoms with E-state index >= 15 is 0 Å². The van der Waals surface area contributed by atoms with Crippen molar-refractivity contribution in [1.82, 2.24) is 15.2 Å². The van der Waals surface area contributed by atoms with Crippen molar-refractivity contribution in [1.29, 1.82) is 0 Å². The van der Waals surface area contributed by atoms with E-state index in [0.717, 1.165) is 55.6 Å². The van der Waals surface area contributed by atoms with Crippen LogP contribution in [0.4, 0.5) is 0 Å². The maximum Gasteiger partial charge on any atom is 0.263 e. The zero-order valence-corrected chi connectivity index (χ0v) is 14.6. The molecule has 1 aromatic rings. The predicted octanol–water partition coefficient (Wildman–Crippen LogP) is 2.18. The summed E-state index contributed by atoms with van der Waals surface area (Å²) in [6.45, 7) is 10.8. The number of aromatic nitrogens is 1. The van der Waals surface area contributed by atoms with Gasteiger partial charge in [0, 0.05) is 25.7 Å². The molecule has 6 heteroatoms. The van der Waals surface area contributed by atoms with Gasteiger partial charge >= 0.3 is 0 Å². The molecule has 2 rings (SSSR count). The van der Waals surface area contributed by atoms with E-state index in [1.54, 1.807) is 6.20 Å². The Labute approximate surface area is 137 Å². The number of carbonyl (C=O) groups excluding carboxylic acids is 1. The number of thiazole rings is 1. The highest BCUT2D eigenvalue weighted by molar-refractivity contribution is 7.13. The topological polar surface area (TPSA) is 54.5 Å². The van der Waals surface area contributed by atoms with Crippen LogP contribution in [0.2, 0.25) is 0 Å². The number of carbonyl (C=O) groups is 1. The molecule has 0 saturated carbocycles. The lowest BCUT2D eigenvalue weighted by Gasteiger charge is -2.32. The molecule has 0 aromatic carbocycles. The monoisotopic (exact) mass is 325 g/mol. The van der Waals surface area contributed by atoms with Gasteiger partial charge in [-0.3, -0.25) is 9.69 Å². The minimum absolute atomic E-state index is 0.00631. The molecule has 0 spiro atoms. The Bertz CT molecular complexity index is 470. The summed E-state index contributed by atoms with van der Waals surface area (Å²) >= 11 is 1.51. The summed E-state index contributed by atoms with van der Waals surface area (Å²) in [5, 5.41) is 4.23. The van der Waals surface area contributed by atoms with Gasteiger partial charge in [-0.2, -0.15) is 0 Å². The average Bonchev–Trinajstić information content (AvgIpc) is 2.96. The van der Waals surface area contributed by atoms with Crippen molar-refractivity contribution < 1.29 is 9.53 Å². The number of hydrogen-bond acceptors (Lipinski definition) is 5. The van der Waals surface area contributed by atoms with Gasteiger partial charge in [-0.1, -0.05) is 20.8 Å². The molecule has 1 aromatic heterocycles. The Hall–Kier alpha value is -0.980. The van der Waals surface area contributed by atoms with E-state index in [1.165, 1.54) is 11.3 Å². The number of nitrogens with one attached hydrogen (secondary N) is 1. The lowest BCUT2D eigenvalue weighted by molar-refractivity contribution is 0.0308. The molecule has 1 fully saturated rings. The summed E-state index contributed by atoms with van der Waals surface area (Å²) in [5.74, 6) is 0.404. The predicted molar refractivity (Wildman–Crippen MR) is 89.5 cm³/mol. The van der Waals surface area contributed by atoms with Crippen LogP contribution in [-0.4, -0.2) is 54.7 Å². The van der Waals surface area contributed by atoms with E-state index in [-0.39, 0.29) is 11.9 Å². The number of ether oxygens (including phenoxy) is 1. The fraction of sp³-hybridized carbons (Fsp3) is 0.750. The molecule has 5 nitrogen and oxygen atoms in total. The van der Waals surface area contributed by atoms with Crippen LogP contribution in [0.5, 0.6) is 0 Å². The number of hydrogen-bond donors (Lipinski definition) is 1. The summed E-state index contributed by atoms with van der Waals surface area (Å²) in [4.78, 5) is 19.8. The zero-order chi connectivity index (χ0) is 15.9. The molecular weight excluding hydrogens is 298 g/mol. The minimum atomic E-state index is 0.00631. The van der Waals surface area contributed by atoms with E-state index in [2.05, 4.69) is 36.0 Å². The number of morpholine rings is 1. The summed E-state index contributed by atoms with van der Waals surface area (Å²) in [5.41, 5.74) is 0. The van der Waals surface area contributed by atoms with Crippen LogP contribution in [-0.2, 0) is 11.2 Å². The van der Waals surface area contributed by atoms with Crippen molar-refractivity contribution in [3.05, 3.63) is 16.1 Å². The molecule has 1 atom stereocenters. The summed E-state index contributed by atoms with van der Waals surface area (Å²) in [6.07, 6.45) is 3.71. The SMILES string of the molecule is CCCc1ncc(C(=O)N[C@H](CN2CCOCC2)C(C)C)s1. The van der Waals surface area contributed by atoms with Gasteiger partial charge in [0.15, 0.2) is 0 Å². The Morgan fingerprint density at radius 2 is 2.18 bits per heavy atom. The Kier molecular flexibility index (Phi) is 6.79. The van der Waals surface area contributed by atoms with E-state index < -0.39 is 0 Å². The molecule has 124 valence electrons. The first-order valence-corrected chi connectivity index (χ1v) is 8.97. The molecule has 1 aliphatic rings. The van der Waals surface area contributed by atoms with Gasteiger partial charge in [0.05, 0.1) is 24.4 Å². The Morgan fingerprint density at radius 1 is 1.45 bits per heavy atom. The third-order valence-electron chi connectivity index (χ3n) is 3.92. The lowest BCUT2D eigenvalue weighted by Crippen LogP contribution is -2.49.